The van der Waals surface area contributed by atoms with Gasteiger partial charge in [-0.05, 0) is 11.8 Å². The second-order valence-electron chi connectivity index (χ2n) is 4.06. The minimum atomic E-state index is -0.364. The van der Waals surface area contributed by atoms with E-state index >= 15 is 0 Å². The fourth-order valence-electron chi connectivity index (χ4n) is 1.03. The molecule has 1 amide bonds. The minimum absolute atomic E-state index is 0.00334. The first kappa shape index (κ1) is 12.9. The molecule has 0 aliphatic heterocycles. The smallest absolute Gasteiger partial charge is 0.306 e. The Balaban J connectivity index is 3.61. The molecule has 1 atom stereocenters. The van der Waals surface area contributed by atoms with Gasteiger partial charge in [-0.1, -0.05) is 20.8 Å². The lowest BCUT2D eigenvalue weighted by molar-refractivity contribution is -0.146. The van der Waals surface area contributed by atoms with Crippen molar-refractivity contribution in [3.8, 4) is 0 Å². The van der Waals surface area contributed by atoms with Crippen molar-refractivity contribution in [2.24, 2.45) is 17.6 Å². The number of primary amides is 1. The molecule has 4 nitrogen and oxygen atoms in total. The van der Waals surface area contributed by atoms with Crippen molar-refractivity contribution in [1.82, 2.24) is 0 Å². The highest BCUT2D eigenvalue weighted by molar-refractivity contribution is 5.74. The first-order valence-electron chi connectivity index (χ1n) is 4.85. The summed E-state index contributed by atoms with van der Waals surface area (Å²) >= 11 is 0. The molecule has 0 aromatic carbocycles. The zero-order valence-corrected chi connectivity index (χ0v) is 9.08. The van der Waals surface area contributed by atoms with Gasteiger partial charge in [-0.3, -0.25) is 9.59 Å². The van der Waals surface area contributed by atoms with E-state index in [1.165, 1.54) is 0 Å². The Morgan fingerprint density at radius 1 is 1.21 bits per heavy atom. The summed E-state index contributed by atoms with van der Waals surface area (Å²) in [4.78, 5) is 21.6. The highest BCUT2D eigenvalue weighted by Gasteiger charge is 2.10. The third-order valence-corrected chi connectivity index (χ3v) is 1.65. The average Bonchev–Trinajstić information content (AvgIpc) is 1.98. The highest BCUT2D eigenvalue weighted by atomic mass is 16.5. The van der Waals surface area contributed by atoms with Crippen molar-refractivity contribution < 1.29 is 14.3 Å². The van der Waals surface area contributed by atoms with E-state index in [0.29, 0.717) is 12.3 Å². The molecule has 0 radical (unpaired) electrons. The Morgan fingerprint density at radius 2 is 1.79 bits per heavy atom. The number of carbonyl (C=O) groups excluding carboxylic acids is 2. The first-order chi connectivity index (χ1) is 6.41. The molecule has 4 heteroatoms. The standard InChI is InChI=1S/C10H19NO3/c1-7(2)4-10(13)14-6-8(3)5-9(11)12/h7-8H,4-6H2,1-3H3,(H2,11,12). The Labute approximate surface area is 84.8 Å². The average molecular weight is 201 g/mol. The van der Waals surface area contributed by atoms with Crippen LogP contribution < -0.4 is 5.73 Å². The van der Waals surface area contributed by atoms with Crippen LogP contribution in [0.5, 0.6) is 0 Å². The van der Waals surface area contributed by atoms with E-state index in [0.717, 1.165) is 0 Å². The van der Waals surface area contributed by atoms with E-state index in [1.807, 2.05) is 20.8 Å². The van der Waals surface area contributed by atoms with Crippen LogP contribution in [0.25, 0.3) is 0 Å². The van der Waals surface area contributed by atoms with Crippen molar-refractivity contribution >= 4 is 11.9 Å². The van der Waals surface area contributed by atoms with Crippen LogP contribution in [0.15, 0.2) is 0 Å². The van der Waals surface area contributed by atoms with Crippen LogP contribution in [0.3, 0.4) is 0 Å². The number of hydrogen-bond donors (Lipinski definition) is 1. The second kappa shape index (κ2) is 6.40. The van der Waals surface area contributed by atoms with E-state index in [4.69, 9.17) is 10.5 Å². The van der Waals surface area contributed by atoms with Crippen molar-refractivity contribution in [3.05, 3.63) is 0 Å². The number of hydrogen-bond acceptors (Lipinski definition) is 3. The SMILES string of the molecule is CC(C)CC(=O)OCC(C)CC(N)=O. The van der Waals surface area contributed by atoms with Crippen LogP contribution in [-0.2, 0) is 14.3 Å². The minimum Gasteiger partial charge on any atom is -0.465 e. The normalized spacial score (nSPS) is 12.6. The molecular formula is C10H19NO3. The van der Waals surface area contributed by atoms with Gasteiger partial charge in [-0.25, -0.2) is 0 Å². The molecular weight excluding hydrogens is 182 g/mol. The summed E-state index contributed by atoms with van der Waals surface area (Å²) in [6, 6.07) is 0. The Hall–Kier alpha value is -1.06. The van der Waals surface area contributed by atoms with Crippen LogP contribution in [-0.4, -0.2) is 18.5 Å². The van der Waals surface area contributed by atoms with Crippen molar-refractivity contribution in [2.75, 3.05) is 6.61 Å². The number of rotatable bonds is 6. The Morgan fingerprint density at radius 3 is 2.21 bits per heavy atom. The van der Waals surface area contributed by atoms with Crippen molar-refractivity contribution in [3.63, 3.8) is 0 Å². The summed E-state index contributed by atoms with van der Waals surface area (Å²) in [7, 11) is 0. The first-order valence-corrected chi connectivity index (χ1v) is 4.85. The highest BCUT2D eigenvalue weighted by Crippen LogP contribution is 2.05. The molecule has 0 bridgehead atoms. The Bertz CT molecular complexity index is 202. The lowest BCUT2D eigenvalue weighted by atomic mass is 10.1. The predicted molar refractivity (Wildman–Crippen MR) is 53.4 cm³/mol. The zero-order chi connectivity index (χ0) is 11.1. The fraction of sp³-hybridized carbons (Fsp3) is 0.800. The lowest BCUT2D eigenvalue weighted by Crippen LogP contribution is -2.19. The number of ether oxygens (including phenoxy) is 1. The number of amides is 1. The van der Waals surface area contributed by atoms with Crippen LogP contribution >= 0.6 is 0 Å². The van der Waals surface area contributed by atoms with Gasteiger partial charge in [0.05, 0.1) is 6.61 Å². The largest absolute Gasteiger partial charge is 0.465 e. The predicted octanol–water partition coefficient (Wildman–Crippen LogP) is 1.09. The molecule has 0 saturated heterocycles. The van der Waals surface area contributed by atoms with E-state index < -0.39 is 0 Å². The maximum absolute atomic E-state index is 11.1. The van der Waals surface area contributed by atoms with Crippen LogP contribution in [0.2, 0.25) is 0 Å². The second-order valence-corrected chi connectivity index (χ2v) is 4.06. The Kier molecular flexibility index (Phi) is 5.92. The molecule has 0 rings (SSSR count). The van der Waals surface area contributed by atoms with Gasteiger partial charge in [0.25, 0.3) is 0 Å². The number of esters is 1. The maximum atomic E-state index is 11.1. The van der Waals surface area contributed by atoms with Gasteiger partial charge in [-0.15, -0.1) is 0 Å². The molecule has 0 aromatic heterocycles. The molecule has 82 valence electrons. The molecule has 0 spiro atoms. The van der Waals surface area contributed by atoms with E-state index in [1.54, 1.807) is 0 Å². The molecule has 0 saturated carbocycles. The van der Waals surface area contributed by atoms with E-state index in [-0.39, 0.29) is 30.8 Å². The van der Waals surface area contributed by atoms with Gasteiger partial charge < -0.3 is 10.5 Å². The van der Waals surface area contributed by atoms with Gasteiger partial charge in [0, 0.05) is 12.8 Å². The van der Waals surface area contributed by atoms with Crippen molar-refractivity contribution in [1.29, 1.82) is 0 Å². The van der Waals surface area contributed by atoms with Crippen LogP contribution in [0.1, 0.15) is 33.6 Å². The summed E-state index contributed by atoms with van der Waals surface area (Å²) in [5, 5.41) is 0. The summed E-state index contributed by atoms with van der Waals surface area (Å²) in [6.07, 6.45) is 0.679. The lowest BCUT2D eigenvalue weighted by Gasteiger charge is -2.10. The molecule has 0 aliphatic rings. The van der Waals surface area contributed by atoms with Crippen molar-refractivity contribution in [2.45, 2.75) is 33.6 Å². The summed E-state index contributed by atoms with van der Waals surface area (Å²) in [5.74, 6) is -0.272. The van der Waals surface area contributed by atoms with Gasteiger partial charge >= 0.3 is 5.97 Å². The summed E-state index contributed by atoms with van der Waals surface area (Å²) in [5.41, 5.74) is 5.00. The van der Waals surface area contributed by atoms with Crippen LogP contribution in [0.4, 0.5) is 0 Å². The topological polar surface area (TPSA) is 69.4 Å². The van der Waals surface area contributed by atoms with Gasteiger partial charge in [0.2, 0.25) is 5.91 Å². The molecule has 0 heterocycles. The molecule has 0 fully saturated rings. The molecule has 1 unspecified atom stereocenters. The van der Waals surface area contributed by atoms with E-state index in [9.17, 15) is 9.59 Å². The zero-order valence-electron chi connectivity index (χ0n) is 9.08. The van der Waals surface area contributed by atoms with Gasteiger partial charge in [-0.2, -0.15) is 0 Å². The summed E-state index contributed by atoms with van der Waals surface area (Å²) < 4.78 is 4.97. The molecule has 14 heavy (non-hydrogen) atoms. The number of nitrogens with two attached hydrogens (primary N) is 1. The number of carbonyl (C=O) groups is 2. The molecule has 0 aromatic rings. The molecule has 2 N–H and O–H groups in total. The maximum Gasteiger partial charge on any atom is 0.306 e. The van der Waals surface area contributed by atoms with Gasteiger partial charge in [0.15, 0.2) is 0 Å². The quantitative estimate of drug-likeness (QED) is 0.654. The fourth-order valence-corrected chi connectivity index (χ4v) is 1.03. The van der Waals surface area contributed by atoms with Crippen LogP contribution in [0, 0.1) is 11.8 Å². The van der Waals surface area contributed by atoms with E-state index in [2.05, 4.69) is 0 Å². The third-order valence-electron chi connectivity index (χ3n) is 1.65. The molecule has 0 aliphatic carbocycles. The monoisotopic (exact) mass is 201 g/mol. The summed E-state index contributed by atoms with van der Waals surface area (Å²) in [6.45, 7) is 6.00. The third kappa shape index (κ3) is 7.58. The van der Waals surface area contributed by atoms with Gasteiger partial charge in [0.1, 0.15) is 0 Å².